The van der Waals surface area contributed by atoms with Gasteiger partial charge in [-0.25, -0.2) is 9.18 Å². The predicted octanol–water partition coefficient (Wildman–Crippen LogP) is 1.41. The Morgan fingerprint density at radius 3 is 2.62 bits per heavy atom. The van der Waals surface area contributed by atoms with Gasteiger partial charge in [0.2, 0.25) is 0 Å². The SMILES string of the molecule is NCC1CN(c2cc3c(C4CC4)cc(C(=O)O)c(=O)n3cc2F)C1. The van der Waals surface area contributed by atoms with Gasteiger partial charge >= 0.3 is 5.97 Å². The smallest absolute Gasteiger partial charge is 0.341 e. The summed E-state index contributed by atoms with van der Waals surface area (Å²) in [6, 6.07) is 3.13. The van der Waals surface area contributed by atoms with Gasteiger partial charge in [0.15, 0.2) is 5.82 Å². The molecule has 0 unspecified atom stereocenters. The van der Waals surface area contributed by atoms with Crippen molar-refractivity contribution >= 4 is 17.2 Å². The van der Waals surface area contributed by atoms with Crippen molar-refractivity contribution in [3.8, 4) is 0 Å². The first-order valence-electron chi connectivity index (χ1n) is 8.06. The molecular formula is C17H18FN3O3. The lowest BCUT2D eigenvalue weighted by atomic mass is 9.99. The van der Waals surface area contributed by atoms with Crippen LogP contribution in [-0.4, -0.2) is 35.1 Å². The van der Waals surface area contributed by atoms with Gasteiger partial charge in [-0.15, -0.1) is 0 Å². The summed E-state index contributed by atoms with van der Waals surface area (Å²) in [7, 11) is 0. The van der Waals surface area contributed by atoms with E-state index in [0.717, 1.165) is 29.0 Å². The molecule has 2 aromatic heterocycles. The highest BCUT2D eigenvalue weighted by atomic mass is 19.1. The van der Waals surface area contributed by atoms with E-state index < -0.39 is 17.3 Å². The van der Waals surface area contributed by atoms with Crippen molar-refractivity contribution in [1.29, 1.82) is 0 Å². The Hall–Kier alpha value is -2.41. The number of nitrogens with zero attached hydrogens (tertiary/aromatic N) is 2. The minimum atomic E-state index is -1.28. The summed E-state index contributed by atoms with van der Waals surface area (Å²) in [5.41, 5.74) is 6.46. The summed E-state index contributed by atoms with van der Waals surface area (Å²) < 4.78 is 15.6. The zero-order chi connectivity index (χ0) is 17.0. The number of carbonyl (C=O) groups is 1. The van der Waals surface area contributed by atoms with Crippen molar-refractivity contribution in [1.82, 2.24) is 4.40 Å². The Balaban J connectivity index is 1.90. The van der Waals surface area contributed by atoms with Crippen molar-refractivity contribution in [3.05, 3.63) is 45.6 Å². The topological polar surface area (TPSA) is 88.0 Å². The van der Waals surface area contributed by atoms with Gasteiger partial charge in [-0.1, -0.05) is 0 Å². The van der Waals surface area contributed by atoms with Gasteiger partial charge in [0, 0.05) is 19.0 Å². The van der Waals surface area contributed by atoms with Gasteiger partial charge in [0.1, 0.15) is 5.56 Å². The number of halogens is 1. The van der Waals surface area contributed by atoms with Crippen molar-refractivity contribution in [2.24, 2.45) is 11.7 Å². The number of carboxylic acids is 1. The molecule has 4 rings (SSSR count). The molecule has 126 valence electrons. The molecule has 0 aromatic carbocycles. The Labute approximate surface area is 137 Å². The fraction of sp³-hybridized carbons (Fsp3) is 0.412. The van der Waals surface area contributed by atoms with E-state index in [1.54, 1.807) is 6.07 Å². The zero-order valence-corrected chi connectivity index (χ0v) is 13.0. The Morgan fingerprint density at radius 1 is 1.33 bits per heavy atom. The summed E-state index contributed by atoms with van der Waals surface area (Å²) in [6.45, 7) is 1.96. The van der Waals surface area contributed by atoms with E-state index in [-0.39, 0.29) is 11.5 Å². The molecule has 1 saturated heterocycles. The van der Waals surface area contributed by atoms with Gasteiger partial charge in [0.05, 0.1) is 17.4 Å². The number of rotatable bonds is 4. The molecule has 0 amide bonds. The highest BCUT2D eigenvalue weighted by molar-refractivity contribution is 5.88. The third-order valence-electron chi connectivity index (χ3n) is 4.94. The number of nitrogens with two attached hydrogens (primary N) is 1. The largest absolute Gasteiger partial charge is 0.477 e. The number of carboxylic acid groups (broad SMARTS) is 1. The molecule has 2 aliphatic rings. The lowest BCUT2D eigenvalue weighted by molar-refractivity contribution is 0.0694. The summed E-state index contributed by atoms with van der Waals surface area (Å²) in [5.74, 6) is -1.20. The monoisotopic (exact) mass is 331 g/mol. The second-order valence-electron chi connectivity index (χ2n) is 6.67. The van der Waals surface area contributed by atoms with Gasteiger partial charge in [-0.05, 0) is 43.0 Å². The number of hydrogen-bond acceptors (Lipinski definition) is 4. The van der Waals surface area contributed by atoms with Gasteiger partial charge in [0.25, 0.3) is 5.56 Å². The first-order chi connectivity index (χ1) is 11.5. The van der Waals surface area contributed by atoms with E-state index in [0.29, 0.717) is 36.8 Å². The van der Waals surface area contributed by atoms with Crippen LogP contribution >= 0.6 is 0 Å². The van der Waals surface area contributed by atoms with Gasteiger partial charge < -0.3 is 15.7 Å². The summed E-state index contributed by atoms with van der Waals surface area (Å²) in [4.78, 5) is 25.6. The molecule has 24 heavy (non-hydrogen) atoms. The van der Waals surface area contributed by atoms with Crippen LogP contribution < -0.4 is 16.2 Å². The number of aromatic nitrogens is 1. The summed E-state index contributed by atoms with van der Waals surface area (Å²) in [5, 5.41) is 9.24. The van der Waals surface area contributed by atoms with E-state index in [1.165, 1.54) is 6.07 Å². The standard InChI is InChI=1S/C17H18FN3O3/c18-13-8-21-14(4-15(13)20-6-9(5-19)7-20)11(10-1-2-10)3-12(16(21)22)17(23)24/h3-4,8-10H,1-2,5-7,19H2,(H,23,24). The molecule has 0 radical (unpaired) electrons. The minimum absolute atomic E-state index is 0.241. The number of aromatic carboxylic acids is 1. The minimum Gasteiger partial charge on any atom is -0.477 e. The molecule has 3 N–H and O–H groups in total. The molecule has 1 aliphatic carbocycles. The molecule has 1 aliphatic heterocycles. The average molecular weight is 331 g/mol. The van der Waals surface area contributed by atoms with Gasteiger partial charge in [-0.3, -0.25) is 9.20 Å². The number of pyridine rings is 2. The number of anilines is 1. The van der Waals surface area contributed by atoms with Crippen LogP contribution in [0.1, 0.15) is 34.7 Å². The molecule has 1 saturated carbocycles. The van der Waals surface area contributed by atoms with Crippen LogP contribution in [0.15, 0.2) is 23.1 Å². The first kappa shape index (κ1) is 15.1. The van der Waals surface area contributed by atoms with Gasteiger partial charge in [-0.2, -0.15) is 0 Å². The van der Waals surface area contributed by atoms with E-state index in [2.05, 4.69) is 0 Å². The third-order valence-corrected chi connectivity index (χ3v) is 4.94. The highest BCUT2D eigenvalue weighted by Gasteiger charge is 2.31. The third kappa shape index (κ3) is 2.27. The molecule has 3 heterocycles. The van der Waals surface area contributed by atoms with E-state index in [9.17, 15) is 19.1 Å². The average Bonchev–Trinajstić information content (AvgIpc) is 3.32. The second-order valence-corrected chi connectivity index (χ2v) is 6.67. The molecule has 2 aromatic rings. The molecule has 2 fully saturated rings. The van der Waals surface area contributed by atoms with Crippen LogP contribution in [0, 0.1) is 11.7 Å². The number of hydrogen-bond donors (Lipinski definition) is 2. The maximum atomic E-state index is 14.5. The van der Waals surface area contributed by atoms with Crippen molar-refractivity contribution < 1.29 is 14.3 Å². The van der Waals surface area contributed by atoms with E-state index >= 15 is 0 Å². The fourth-order valence-corrected chi connectivity index (χ4v) is 3.36. The predicted molar refractivity (Wildman–Crippen MR) is 87.3 cm³/mol. The lowest BCUT2D eigenvalue weighted by Crippen LogP contribution is -2.50. The number of fused-ring (bicyclic) bond motifs is 1. The van der Waals surface area contributed by atoms with Crippen molar-refractivity contribution in [3.63, 3.8) is 0 Å². The molecular weight excluding hydrogens is 313 g/mol. The quantitative estimate of drug-likeness (QED) is 0.884. The van der Waals surface area contributed by atoms with Crippen LogP contribution in [0.25, 0.3) is 5.52 Å². The van der Waals surface area contributed by atoms with Crippen LogP contribution in [0.5, 0.6) is 0 Å². The molecule has 0 bridgehead atoms. The Bertz CT molecular complexity index is 898. The molecule has 0 spiro atoms. The Kier molecular flexibility index (Phi) is 3.35. The van der Waals surface area contributed by atoms with Crippen LogP contribution in [0.2, 0.25) is 0 Å². The highest BCUT2D eigenvalue weighted by Crippen LogP contribution is 2.42. The maximum absolute atomic E-state index is 14.5. The van der Waals surface area contributed by atoms with E-state index in [1.807, 2.05) is 4.90 Å². The summed E-state index contributed by atoms with van der Waals surface area (Å²) >= 11 is 0. The van der Waals surface area contributed by atoms with Crippen LogP contribution in [0.3, 0.4) is 0 Å². The van der Waals surface area contributed by atoms with Crippen LogP contribution in [-0.2, 0) is 0 Å². The Morgan fingerprint density at radius 2 is 2.04 bits per heavy atom. The second kappa shape index (κ2) is 5.31. The van der Waals surface area contributed by atoms with E-state index in [4.69, 9.17) is 5.73 Å². The maximum Gasteiger partial charge on any atom is 0.341 e. The van der Waals surface area contributed by atoms with Crippen molar-refractivity contribution in [2.45, 2.75) is 18.8 Å². The fourth-order valence-electron chi connectivity index (χ4n) is 3.36. The molecule has 0 atom stereocenters. The summed E-state index contributed by atoms with van der Waals surface area (Å²) in [6.07, 6.45) is 3.03. The lowest BCUT2D eigenvalue weighted by Gasteiger charge is -2.40. The van der Waals surface area contributed by atoms with Crippen LogP contribution in [0.4, 0.5) is 10.1 Å². The zero-order valence-electron chi connectivity index (χ0n) is 13.0. The normalized spacial score (nSPS) is 18.0. The molecule has 6 nitrogen and oxygen atoms in total. The molecule has 7 heteroatoms. The first-order valence-corrected chi connectivity index (χ1v) is 8.06. The van der Waals surface area contributed by atoms with Crippen molar-refractivity contribution in [2.75, 3.05) is 24.5 Å².